The normalized spacial score (nSPS) is 19.8. The standard InChI is InChI=1S/C20H22ClF5N6O/c1-11(20(24,25)26)29-18-16(17(21)30-19(31-18)32-7-3-6-28-32)15-13(22)9-12(10-14(15)23)33-8-4-5-27-2/h3,6-7,9-11,16,18,27,29H,4-5,8H2,1-2H3/t11-,16?,18?/m1/s1. The van der Waals surface area contributed by atoms with Crippen molar-refractivity contribution in [1.29, 1.82) is 0 Å². The summed E-state index contributed by atoms with van der Waals surface area (Å²) in [6.07, 6.45) is -2.63. The largest absolute Gasteiger partial charge is 0.493 e. The van der Waals surface area contributed by atoms with E-state index >= 15 is 0 Å². The minimum atomic E-state index is -4.63. The van der Waals surface area contributed by atoms with Crippen molar-refractivity contribution in [3.8, 4) is 5.75 Å². The lowest BCUT2D eigenvalue weighted by molar-refractivity contribution is -0.153. The number of nitrogens with zero attached hydrogens (tertiary/aromatic N) is 4. The van der Waals surface area contributed by atoms with Crippen LogP contribution < -0.4 is 15.4 Å². The van der Waals surface area contributed by atoms with Crippen LogP contribution in [0.4, 0.5) is 22.0 Å². The Labute approximate surface area is 191 Å². The smallest absolute Gasteiger partial charge is 0.403 e. The fraction of sp³-hybridized carbons (Fsp3) is 0.450. The molecule has 0 fully saturated rings. The fourth-order valence-electron chi connectivity index (χ4n) is 3.16. The Hall–Kier alpha value is -2.57. The average Bonchev–Trinajstić information content (AvgIpc) is 3.26. The Morgan fingerprint density at radius 1 is 1.24 bits per heavy atom. The van der Waals surface area contributed by atoms with E-state index in [4.69, 9.17) is 16.3 Å². The van der Waals surface area contributed by atoms with Crippen molar-refractivity contribution in [1.82, 2.24) is 20.4 Å². The van der Waals surface area contributed by atoms with Crippen molar-refractivity contribution in [3.05, 3.63) is 47.8 Å². The summed E-state index contributed by atoms with van der Waals surface area (Å²) in [7, 11) is 1.76. The van der Waals surface area contributed by atoms with Gasteiger partial charge in [0.15, 0.2) is 0 Å². The molecule has 0 radical (unpaired) electrons. The van der Waals surface area contributed by atoms with Gasteiger partial charge in [0.05, 0.1) is 12.5 Å². The topological polar surface area (TPSA) is 75.8 Å². The summed E-state index contributed by atoms with van der Waals surface area (Å²) in [6, 6.07) is 1.42. The molecular weight excluding hydrogens is 471 g/mol. The maximum absolute atomic E-state index is 15.0. The summed E-state index contributed by atoms with van der Waals surface area (Å²) in [5.41, 5.74) is -0.568. The zero-order valence-corrected chi connectivity index (χ0v) is 18.5. The van der Waals surface area contributed by atoms with Gasteiger partial charge in [-0.25, -0.2) is 23.4 Å². The monoisotopic (exact) mass is 492 g/mol. The van der Waals surface area contributed by atoms with Crippen LogP contribution in [0.1, 0.15) is 24.8 Å². The maximum atomic E-state index is 15.0. The highest BCUT2D eigenvalue weighted by Crippen LogP contribution is 2.35. The van der Waals surface area contributed by atoms with Gasteiger partial charge in [-0.05, 0) is 33.0 Å². The van der Waals surface area contributed by atoms with Crippen LogP contribution >= 0.6 is 11.6 Å². The molecule has 0 saturated carbocycles. The SMILES string of the molecule is CNCCCOc1cc(F)c(C2C(Cl)=NC(n3cccn3)=NC2N[C@H](C)C(F)(F)F)c(F)c1. The number of rotatable bonds is 8. The molecule has 3 rings (SSSR count). The molecule has 0 bridgehead atoms. The molecule has 1 aromatic carbocycles. The zero-order chi connectivity index (χ0) is 24.2. The lowest BCUT2D eigenvalue weighted by Crippen LogP contribution is -2.50. The second-order valence-electron chi connectivity index (χ2n) is 7.27. The van der Waals surface area contributed by atoms with Gasteiger partial charge in [0.2, 0.25) is 5.96 Å². The predicted octanol–water partition coefficient (Wildman–Crippen LogP) is 3.65. The molecular formula is C20H22ClF5N6O. The molecule has 33 heavy (non-hydrogen) atoms. The number of halogens is 6. The molecule has 1 aliphatic rings. The molecule has 3 atom stereocenters. The van der Waals surface area contributed by atoms with Gasteiger partial charge >= 0.3 is 6.18 Å². The predicted molar refractivity (Wildman–Crippen MR) is 114 cm³/mol. The molecule has 2 heterocycles. The molecule has 1 aliphatic heterocycles. The molecule has 180 valence electrons. The molecule has 1 aromatic heterocycles. The number of aromatic nitrogens is 2. The van der Waals surface area contributed by atoms with Crippen molar-refractivity contribution < 1.29 is 26.7 Å². The number of hydrogen-bond acceptors (Lipinski definition) is 6. The molecule has 0 amide bonds. The van der Waals surface area contributed by atoms with Crippen LogP contribution in [-0.4, -0.2) is 59.5 Å². The third kappa shape index (κ3) is 6.06. The lowest BCUT2D eigenvalue weighted by Gasteiger charge is -2.31. The summed E-state index contributed by atoms with van der Waals surface area (Å²) < 4.78 is 76.2. The summed E-state index contributed by atoms with van der Waals surface area (Å²) in [4.78, 5) is 8.14. The van der Waals surface area contributed by atoms with Gasteiger partial charge < -0.3 is 10.1 Å². The first kappa shape index (κ1) is 25.1. The number of nitrogens with one attached hydrogen (secondary N) is 2. The Morgan fingerprint density at radius 2 is 1.94 bits per heavy atom. The van der Waals surface area contributed by atoms with E-state index < -0.39 is 41.5 Å². The van der Waals surface area contributed by atoms with Crippen LogP contribution in [0.3, 0.4) is 0 Å². The first-order chi connectivity index (χ1) is 15.6. The Balaban J connectivity index is 1.96. The van der Waals surface area contributed by atoms with E-state index in [0.29, 0.717) is 13.0 Å². The van der Waals surface area contributed by atoms with Crippen LogP contribution in [0.5, 0.6) is 5.75 Å². The first-order valence-electron chi connectivity index (χ1n) is 10.0. The van der Waals surface area contributed by atoms with Gasteiger partial charge in [-0.2, -0.15) is 18.3 Å². The Morgan fingerprint density at radius 3 is 2.52 bits per heavy atom. The number of alkyl halides is 3. The van der Waals surface area contributed by atoms with Crippen LogP contribution in [0, 0.1) is 11.6 Å². The third-order valence-electron chi connectivity index (χ3n) is 4.86. The highest BCUT2D eigenvalue weighted by atomic mass is 35.5. The van der Waals surface area contributed by atoms with E-state index in [2.05, 4.69) is 25.7 Å². The van der Waals surface area contributed by atoms with E-state index in [1.165, 1.54) is 17.1 Å². The van der Waals surface area contributed by atoms with Crippen molar-refractivity contribution >= 4 is 22.7 Å². The van der Waals surface area contributed by atoms with Crippen LogP contribution in [0.25, 0.3) is 0 Å². The summed E-state index contributed by atoms with van der Waals surface area (Å²) in [5, 5.41) is 8.75. The molecule has 13 heteroatoms. The molecule has 2 N–H and O–H groups in total. The van der Waals surface area contributed by atoms with E-state index in [9.17, 15) is 22.0 Å². The van der Waals surface area contributed by atoms with Gasteiger partial charge in [-0.15, -0.1) is 0 Å². The van der Waals surface area contributed by atoms with E-state index in [1.807, 2.05) is 0 Å². The number of hydrogen-bond donors (Lipinski definition) is 2. The molecule has 0 aliphatic carbocycles. The van der Waals surface area contributed by atoms with Crippen molar-refractivity contribution in [3.63, 3.8) is 0 Å². The second kappa shape index (κ2) is 10.6. The summed E-state index contributed by atoms with van der Waals surface area (Å²) >= 11 is 6.26. The third-order valence-corrected chi connectivity index (χ3v) is 5.18. The molecule has 0 spiro atoms. The molecule has 2 aromatic rings. The highest BCUT2D eigenvalue weighted by molar-refractivity contribution is 6.67. The molecule has 0 saturated heterocycles. The van der Waals surface area contributed by atoms with Crippen LogP contribution in [0.15, 0.2) is 40.6 Å². The quantitative estimate of drug-likeness (QED) is 0.436. The fourth-order valence-corrected chi connectivity index (χ4v) is 3.47. The lowest BCUT2D eigenvalue weighted by atomic mass is 9.94. The van der Waals surface area contributed by atoms with E-state index in [1.54, 1.807) is 13.1 Å². The van der Waals surface area contributed by atoms with E-state index in [0.717, 1.165) is 19.1 Å². The van der Waals surface area contributed by atoms with Gasteiger partial charge in [0.1, 0.15) is 34.8 Å². The minimum Gasteiger partial charge on any atom is -0.493 e. The Kier molecular flexibility index (Phi) is 8.03. The minimum absolute atomic E-state index is 0.0531. The highest BCUT2D eigenvalue weighted by Gasteiger charge is 2.42. The van der Waals surface area contributed by atoms with Gasteiger partial charge in [0, 0.05) is 30.1 Å². The summed E-state index contributed by atoms with van der Waals surface area (Å²) in [5.74, 6) is -3.71. The molecule has 7 nitrogen and oxygen atoms in total. The zero-order valence-electron chi connectivity index (χ0n) is 17.7. The van der Waals surface area contributed by atoms with Gasteiger partial charge in [-0.1, -0.05) is 11.6 Å². The van der Waals surface area contributed by atoms with Gasteiger partial charge in [-0.3, -0.25) is 5.32 Å². The molecule has 2 unspecified atom stereocenters. The second-order valence-corrected chi connectivity index (χ2v) is 7.66. The van der Waals surface area contributed by atoms with E-state index in [-0.39, 0.29) is 23.5 Å². The van der Waals surface area contributed by atoms with Crippen molar-refractivity contribution in [2.45, 2.75) is 37.6 Å². The number of benzene rings is 1. The Bertz CT molecular complexity index is 988. The first-order valence-corrected chi connectivity index (χ1v) is 10.4. The summed E-state index contributed by atoms with van der Waals surface area (Å²) in [6.45, 7) is 1.74. The van der Waals surface area contributed by atoms with Crippen LogP contribution in [0.2, 0.25) is 0 Å². The average molecular weight is 493 g/mol. The maximum Gasteiger partial charge on any atom is 0.403 e. The van der Waals surface area contributed by atoms with Crippen LogP contribution in [-0.2, 0) is 0 Å². The number of ether oxygens (including phenoxy) is 1. The van der Waals surface area contributed by atoms with Crippen molar-refractivity contribution in [2.75, 3.05) is 20.2 Å². The number of aliphatic imine (C=N–C) groups is 2. The van der Waals surface area contributed by atoms with Crippen molar-refractivity contribution in [2.24, 2.45) is 9.98 Å². The van der Waals surface area contributed by atoms with Gasteiger partial charge in [0.25, 0.3) is 0 Å².